The van der Waals surface area contributed by atoms with E-state index in [1.165, 1.54) is 16.4 Å². The number of thiophene rings is 2. The number of piperidine rings is 1. The summed E-state index contributed by atoms with van der Waals surface area (Å²) in [5.41, 5.74) is -0.111. The van der Waals surface area contributed by atoms with Crippen molar-refractivity contribution < 1.29 is 27.7 Å². The third-order valence-corrected chi connectivity index (χ3v) is 9.09. The van der Waals surface area contributed by atoms with E-state index in [-0.39, 0.29) is 39.5 Å². The number of sulfonamides is 1. The highest BCUT2D eigenvalue weighted by Crippen LogP contribution is 2.35. The van der Waals surface area contributed by atoms with Crippen molar-refractivity contribution in [2.75, 3.05) is 25.0 Å². The summed E-state index contributed by atoms with van der Waals surface area (Å²) >= 11 is 7.43. The van der Waals surface area contributed by atoms with Gasteiger partial charge in [0.1, 0.15) is 14.8 Å². The van der Waals surface area contributed by atoms with E-state index in [9.17, 15) is 28.1 Å². The fourth-order valence-electron chi connectivity index (χ4n) is 3.07. The second kappa shape index (κ2) is 9.61. The van der Waals surface area contributed by atoms with Crippen molar-refractivity contribution in [3.8, 4) is 0 Å². The van der Waals surface area contributed by atoms with Gasteiger partial charge in [-0.1, -0.05) is 11.6 Å². The maximum Gasteiger partial charge on any atom is 0.341 e. The van der Waals surface area contributed by atoms with Crippen molar-refractivity contribution in [3.05, 3.63) is 38.2 Å². The summed E-state index contributed by atoms with van der Waals surface area (Å²) in [7, 11) is -3.79. The van der Waals surface area contributed by atoms with E-state index in [4.69, 9.17) is 16.3 Å². The molecule has 0 radical (unpaired) electrons. The van der Waals surface area contributed by atoms with Gasteiger partial charge in [-0.05, 0) is 43.2 Å². The highest BCUT2D eigenvalue weighted by molar-refractivity contribution is 7.91. The second-order valence-corrected chi connectivity index (χ2v) is 11.5. The largest absolute Gasteiger partial charge is 0.462 e. The number of esters is 1. The molecule has 1 fully saturated rings. The summed E-state index contributed by atoms with van der Waals surface area (Å²) < 4.78 is 32.2. The van der Waals surface area contributed by atoms with Gasteiger partial charge in [0.15, 0.2) is 0 Å². The highest BCUT2D eigenvalue weighted by atomic mass is 35.5. The molecule has 168 valence electrons. The average Bonchev–Trinajstić information content (AvgIpc) is 3.35. The van der Waals surface area contributed by atoms with Crippen LogP contribution in [0.15, 0.2) is 22.4 Å². The summed E-state index contributed by atoms with van der Waals surface area (Å²) in [5, 5.41) is 13.3. The van der Waals surface area contributed by atoms with Crippen molar-refractivity contribution in [2.24, 2.45) is 5.92 Å². The third-order valence-electron chi connectivity index (χ3n) is 4.53. The molecule has 1 amide bonds. The smallest absolute Gasteiger partial charge is 0.341 e. The van der Waals surface area contributed by atoms with Crippen LogP contribution in [-0.4, -0.2) is 49.2 Å². The molecule has 1 unspecified atom stereocenters. The molecule has 1 N–H and O–H groups in total. The number of amides is 1. The average molecular weight is 508 g/mol. The number of nitrogens with zero attached hydrogens (tertiary/aromatic N) is 2. The normalized spacial score (nSPS) is 17.3. The van der Waals surface area contributed by atoms with Gasteiger partial charge in [-0.15, -0.1) is 11.3 Å². The number of ether oxygens (including phenoxy) is 1. The van der Waals surface area contributed by atoms with Crippen molar-refractivity contribution in [1.29, 1.82) is 0 Å². The monoisotopic (exact) mass is 507 g/mol. The standard InChI is InChI=1S/C17H18ClN3O7S3/c1-2-28-17(23)11-8-13(21(24)25)30-16(11)19-15(22)10-4-3-7-20(9-10)31(26,27)14-6-5-12(18)29-14/h5-6,8,10H,2-4,7,9H2,1H3,(H,19,22). The van der Waals surface area contributed by atoms with Gasteiger partial charge in [-0.25, -0.2) is 13.2 Å². The number of nitrogens with one attached hydrogen (secondary N) is 1. The number of nitro groups is 1. The zero-order valence-corrected chi connectivity index (χ0v) is 19.4. The number of hydrogen-bond donors (Lipinski definition) is 1. The van der Waals surface area contributed by atoms with Crippen LogP contribution in [-0.2, 0) is 19.6 Å². The summed E-state index contributed by atoms with van der Waals surface area (Å²) in [5.74, 6) is -1.99. The molecule has 14 heteroatoms. The number of hydrogen-bond acceptors (Lipinski definition) is 9. The molecule has 3 rings (SSSR count). The van der Waals surface area contributed by atoms with Crippen LogP contribution in [0, 0.1) is 16.0 Å². The lowest BCUT2D eigenvalue weighted by Crippen LogP contribution is -2.43. The molecule has 0 aromatic carbocycles. The Bertz CT molecular complexity index is 1110. The fourth-order valence-corrected chi connectivity index (χ4v) is 7.10. The van der Waals surface area contributed by atoms with E-state index < -0.39 is 32.7 Å². The Hall–Kier alpha value is -2.06. The molecule has 10 nitrogen and oxygen atoms in total. The number of carbonyl (C=O) groups excluding carboxylic acids is 2. The van der Waals surface area contributed by atoms with Crippen molar-refractivity contribution in [2.45, 2.75) is 24.0 Å². The van der Waals surface area contributed by atoms with Gasteiger partial charge in [0.2, 0.25) is 5.91 Å². The topological polar surface area (TPSA) is 136 Å². The molecule has 0 spiro atoms. The van der Waals surface area contributed by atoms with Crippen LogP contribution >= 0.6 is 34.3 Å². The molecule has 1 aliphatic heterocycles. The van der Waals surface area contributed by atoms with Crippen LogP contribution in [0.2, 0.25) is 4.34 Å². The molecule has 2 aromatic rings. The van der Waals surface area contributed by atoms with E-state index in [0.29, 0.717) is 28.5 Å². The van der Waals surface area contributed by atoms with Crippen molar-refractivity contribution in [1.82, 2.24) is 4.31 Å². The van der Waals surface area contributed by atoms with Gasteiger partial charge in [-0.2, -0.15) is 4.31 Å². The molecule has 0 aliphatic carbocycles. The molecular formula is C17H18ClN3O7S3. The summed E-state index contributed by atoms with van der Waals surface area (Å²) in [6.07, 6.45) is 0.900. The van der Waals surface area contributed by atoms with Crippen LogP contribution < -0.4 is 5.32 Å². The van der Waals surface area contributed by atoms with Crippen LogP contribution in [0.5, 0.6) is 0 Å². The van der Waals surface area contributed by atoms with Crippen LogP contribution in [0.25, 0.3) is 0 Å². The Balaban J connectivity index is 1.78. The lowest BCUT2D eigenvalue weighted by Gasteiger charge is -2.30. The predicted octanol–water partition coefficient (Wildman–Crippen LogP) is 3.59. The Morgan fingerprint density at radius 3 is 2.74 bits per heavy atom. The Kier molecular flexibility index (Phi) is 7.31. The third kappa shape index (κ3) is 5.23. The Labute approximate surface area is 191 Å². The molecule has 2 aromatic heterocycles. The maximum atomic E-state index is 12.8. The molecular weight excluding hydrogens is 490 g/mol. The number of carbonyl (C=O) groups is 2. The maximum absolute atomic E-state index is 12.8. The van der Waals surface area contributed by atoms with Gasteiger partial charge >= 0.3 is 11.0 Å². The Morgan fingerprint density at radius 1 is 1.39 bits per heavy atom. The predicted molar refractivity (Wildman–Crippen MR) is 116 cm³/mol. The molecule has 3 heterocycles. The van der Waals surface area contributed by atoms with Crippen molar-refractivity contribution in [3.63, 3.8) is 0 Å². The first-order valence-electron chi connectivity index (χ1n) is 9.15. The summed E-state index contributed by atoms with van der Waals surface area (Å²) in [6.45, 7) is 1.87. The number of rotatable bonds is 7. The molecule has 31 heavy (non-hydrogen) atoms. The summed E-state index contributed by atoms with van der Waals surface area (Å²) in [6, 6.07) is 3.96. The minimum atomic E-state index is -3.79. The van der Waals surface area contributed by atoms with Crippen LogP contribution in [0.3, 0.4) is 0 Å². The first-order valence-corrected chi connectivity index (χ1v) is 12.6. The Morgan fingerprint density at radius 2 is 2.13 bits per heavy atom. The number of halogens is 1. The van der Waals surface area contributed by atoms with E-state index >= 15 is 0 Å². The van der Waals surface area contributed by atoms with Gasteiger partial charge in [0.05, 0.1) is 21.8 Å². The quantitative estimate of drug-likeness (QED) is 0.343. The molecule has 1 atom stereocenters. The first kappa shape index (κ1) is 23.6. The van der Waals surface area contributed by atoms with Gasteiger partial charge in [0.25, 0.3) is 10.0 Å². The van der Waals surface area contributed by atoms with Crippen LogP contribution in [0.4, 0.5) is 10.0 Å². The van der Waals surface area contributed by atoms with E-state index in [0.717, 1.165) is 17.4 Å². The molecule has 1 aliphatic rings. The van der Waals surface area contributed by atoms with Gasteiger partial charge in [-0.3, -0.25) is 14.9 Å². The second-order valence-electron chi connectivity index (χ2n) is 6.56. The first-order chi connectivity index (χ1) is 14.6. The molecule has 0 saturated carbocycles. The minimum absolute atomic E-state index is 0.000157. The van der Waals surface area contributed by atoms with Gasteiger partial charge < -0.3 is 10.1 Å². The lowest BCUT2D eigenvalue weighted by molar-refractivity contribution is -0.380. The minimum Gasteiger partial charge on any atom is -0.462 e. The van der Waals surface area contributed by atoms with Crippen LogP contribution in [0.1, 0.15) is 30.1 Å². The zero-order chi connectivity index (χ0) is 22.8. The SMILES string of the molecule is CCOC(=O)c1cc([N+](=O)[O-])sc1NC(=O)C1CCCN(S(=O)(=O)c2ccc(Cl)s2)C1. The fraction of sp³-hybridized carbons (Fsp3) is 0.412. The van der Waals surface area contributed by atoms with E-state index in [2.05, 4.69) is 5.32 Å². The summed E-state index contributed by atoms with van der Waals surface area (Å²) in [4.78, 5) is 35.4. The highest BCUT2D eigenvalue weighted by Gasteiger charge is 2.35. The molecule has 0 bridgehead atoms. The molecule has 1 saturated heterocycles. The van der Waals surface area contributed by atoms with E-state index in [1.807, 2.05) is 0 Å². The lowest BCUT2D eigenvalue weighted by atomic mass is 9.99. The van der Waals surface area contributed by atoms with Gasteiger partial charge in [0, 0.05) is 19.2 Å². The number of anilines is 1. The van der Waals surface area contributed by atoms with E-state index in [1.54, 1.807) is 6.92 Å². The zero-order valence-electron chi connectivity index (χ0n) is 16.2. The van der Waals surface area contributed by atoms with Crippen molar-refractivity contribution >= 4 is 66.2 Å².